The van der Waals surface area contributed by atoms with E-state index in [9.17, 15) is 4.79 Å². The number of benzene rings is 2. The zero-order valence-electron chi connectivity index (χ0n) is 13.5. The van der Waals surface area contributed by atoms with Gasteiger partial charge in [0.05, 0.1) is 0 Å². The first kappa shape index (κ1) is 16.0. The fourth-order valence-electron chi connectivity index (χ4n) is 2.01. The Morgan fingerprint density at radius 3 is 1.82 bits per heavy atom. The summed E-state index contributed by atoms with van der Waals surface area (Å²) in [6.45, 7) is 0.556. The van der Waals surface area contributed by atoms with Gasteiger partial charge in [-0.15, -0.1) is 0 Å². The molecule has 4 nitrogen and oxygen atoms in total. The van der Waals surface area contributed by atoms with Gasteiger partial charge in [-0.1, -0.05) is 24.3 Å². The molecule has 2 aromatic rings. The van der Waals surface area contributed by atoms with E-state index in [2.05, 4.69) is 0 Å². The molecule has 0 heterocycles. The minimum Gasteiger partial charge on any atom is -0.478 e. The van der Waals surface area contributed by atoms with Crippen LogP contribution in [0.3, 0.4) is 0 Å². The van der Waals surface area contributed by atoms with E-state index in [1.54, 1.807) is 19.0 Å². The third-order valence-corrected chi connectivity index (χ3v) is 3.22. The molecule has 1 amide bonds. The van der Waals surface area contributed by atoms with Gasteiger partial charge in [-0.2, -0.15) is 0 Å². The number of carbonyl (C=O) groups excluding carboxylic acids is 1. The number of nitrogens with zero attached hydrogens (tertiary/aromatic N) is 2. The molecule has 0 saturated heterocycles. The average Bonchev–Trinajstić information content (AvgIpc) is 2.53. The van der Waals surface area contributed by atoms with Crippen molar-refractivity contribution in [1.29, 1.82) is 0 Å². The van der Waals surface area contributed by atoms with Gasteiger partial charge in [0, 0.05) is 19.7 Å². The fourth-order valence-corrected chi connectivity index (χ4v) is 2.01. The topological polar surface area (TPSA) is 32.8 Å². The van der Waals surface area contributed by atoms with Crippen molar-refractivity contribution in [1.82, 2.24) is 9.80 Å². The summed E-state index contributed by atoms with van der Waals surface area (Å²) in [5.41, 5.74) is 2.87. The Hall–Kier alpha value is -2.33. The molecule has 0 aliphatic rings. The van der Waals surface area contributed by atoms with Crippen LogP contribution in [0, 0.1) is 0 Å². The number of rotatable bonds is 5. The van der Waals surface area contributed by atoms with Gasteiger partial charge in [-0.25, -0.2) is 0 Å². The first-order valence-corrected chi connectivity index (χ1v) is 7.17. The summed E-state index contributed by atoms with van der Waals surface area (Å²) in [6, 6.07) is 15.6. The Morgan fingerprint density at radius 1 is 0.864 bits per heavy atom. The first-order chi connectivity index (χ1) is 10.5. The lowest BCUT2D eigenvalue weighted by atomic mass is 10.0. The van der Waals surface area contributed by atoms with Crippen molar-refractivity contribution < 1.29 is 9.53 Å². The van der Waals surface area contributed by atoms with Crippen LogP contribution in [0.4, 0.5) is 0 Å². The lowest BCUT2D eigenvalue weighted by Crippen LogP contribution is -2.21. The van der Waals surface area contributed by atoms with Crippen LogP contribution < -0.4 is 4.74 Å². The second-order valence-corrected chi connectivity index (χ2v) is 5.65. The van der Waals surface area contributed by atoms with Crippen LogP contribution in [0.5, 0.6) is 5.75 Å². The molecule has 116 valence electrons. The molecule has 0 aromatic heterocycles. The van der Waals surface area contributed by atoms with Crippen LogP contribution in [0.25, 0.3) is 11.1 Å². The highest BCUT2D eigenvalue weighted by molar-refractivity contribution is 5.94. The smallest absolute Gasteiger partial charge is 0.253 e. The molecule has 0 saturated carbocycles. The molecule has 2 rings (SSSR count). The van der Waals surface area contributed by atoms with Crippen LogP contribution in [-0.4, -0.2) is 50.6 Å². The van der Waals surface area contributed by atoms with Gasteiger partial charge in [-0.3, -0.25) is 9.69 Å². The second kappa shape index (κ2) is 7.09. The maximum absolute atomic E-state index is 11.9. The van der Waals surface area contributed by atoms with Crippen LogP contribution >= 0.6 is 0 Å². The van der Waals surface area contributed by atoms with Gasteiger partial charge >= 0.3 is 0 Å². The highest BCUT2D eigenvalue weighted by atomic mass is 16.5. The van der Waals surface area contributed by atoms with Gasteiger partial charge in [0.1, 0.15) is 12.5 Å². The van der Waals surface area contributed by atoms with Crippen molar-refractivity contribution in [2.75, 3.05) is 34.9 Å². The van der Waals surface area contributed by atoms with Crippen LogP contribution in [0.15, 0.2) is 48.5 Å². The summed E-state index contributed by atoms with van der Waals surface area (Å²) >= 11 is 0. The van der Waals surface area contributed by atoms with Gasteiger partial charge in [-0.05, 0) is 49.5 Å². The Labute approximate surface area is 131 Å². The lowest BCUT2D eigenvalue weighted by Gasteiger charge is -2.12. The summed E-state index contributed by atoms with van der Waals surface area (Å²) in [5.74, 6) is 0.857. The van der Waals surface area contributed by atoms with Crippen molar-refractivity contribution in [2.24, 2.45) is 0 Å². The normalized spacial score (nSPS) is 10.6. The quantitative estimate of drug-likeness (QED) is 0.796. The summed E-state index contributed by atoms with van der Waals surface area (Å²) in [5, 5.41) is 0. The molecular weight excluding hydrogens is 276 g/mol. The minimum absolute atomic E-state index is 0.0129. The van der Waals surface area contributed by atoms with Crippen molar-refractivity contribution in [3.63, 3.8) is 0 Å². The first-order valence-electron chi connectivity index (χ1n) is 7.17. The number of hydrogen-bond donors (Lipinski definition) is 0. The zero-order valence-corrected chi connectivity index (χ0v) is 13.5. The van der Waals surface area contributed by atoms with Crippen LogP contribution in [0.2, 0.25) is 0 Å². The molecule has 0 aliphatic carbocycles. The third-order valence-electron chi connectivity index (χ3n) is 3.22. The molecule has 0 N–H and O–H groups in total. The summed E-state index contributed by atoms with van der Waals surface area (Å²) < 4.78 is 5.61. The van der Waals surface area contributed by atoms with E-state index in [-0.39, 0.29) is 5.91 Å². The van der Waals surface area contributed by atoms with Crippen molar-refractivity contribution >= 4 is 5.91 Å². The van der Waals surface area contributed by atoms with E-state index >= 15 is 0 Å². The van der Waals surface area contributed by atoms with E-state index in [0.29, 0.717) is 12.3 Å². The van der Waals surface area contributed by atoms with Crippen molar-refractivity contribution in [2.45, 2.75) is 0 Å². The SMILES string of the molecule is CN(C)COc1ccc(-c2ccc(C(=O)N(C)C)cc2)cc1. The van der Waals surface area contributed by atoms with E-state index < -0.39 is 0 Å². The molecule has 2 aromatic carbocycles. The van der Waals surface area contributed by atoms with Crippen molar-refractivity contribution in [3.05, 3.63) is 54.1 Å². The lowest BCUT2D eigenvalue weighted by molar-refractivity contribution is 0.0827. The number of amides is 1. The molecule has 0 aliphatic heterocycles. The third kappa shape index (κ3) is 4.09. The van der Waals surface area contributed by atoms with Crippen LogP contribution in [-0.2, 0) is 0 Å². The largest absolute Gasteiger partial charge is 0.478 e. The number of carbonyl (C=O) groups is 1. The zero-order chi connectivity index (χ0) is 16.1. The molecule has 0 unspecified atom stereocenters. The van der Waals surface area contributed by atoms with E-state index in [1.807, 2.05) is 67.5 Å². The minimum atomic E-state index is 0.0129. The van der Waals surface area contributed by atoms with Gasteiger partial charge in [0.15, 0.2) is 0 Å². The van der Waals surface area contributed by atoms with E-state index in [4.69, 9.17) is 4.74 Å². The monoisotopic (exact) mass is 298 g/mol. The number of hydrogen-bond acceptors (Lipinski definition) is 3. The maximum atomic E-state index is 11.9. The Balaban J connectivity index is 2.10. The standard InChI is InChI=1S/C18H22N2O2/c1-19(2)13-22-17-11-9-15(10-12-17)14-5-7-16(8-6-14)18(21)20(3)4/h5-12H,13H2,1-4H3. The molecule has 0 fully saturated rings. The van der Waals surface area contributed by atoms with E-state index in [1.165, 1.54) is 0 Å². The second-order valence-electron chi connectivity index (χ2n) is 5.65. The Morgan fingerprint density at radius 2 is 1.36 bits per heavy atom. The van der Waals surface area contributed by atoms with Gasteiger partial charge < -0.3 is 9.64 Å². The fraction of sp³-hybridized carbons (Fsp3) is 0.278. The molecule has 4 heteroatoms. The summed E-state index contributed by atoms with van der Waals surface area (Å²) in [4.78, 5) is 15.4. The molecule has 0 bridgehead atoms. The molecule has 22 heavy (non-hydrogen) atoms. The number of ether oxygens (including phenoxy) is 1. The van der Waals surface area contributed by atoms with Gasteiger partial charge in [0.25, 0.3) is 5.91 Å². The summed E-state index contributed by atoms with van der Waals surface area (Å²) in [7, 11) is 7.43. The summed E-state index contributed by atoms with van der Waals surface area (Å²) in [6.07, 6.45) is 0. The molecule has 0 spiro atoms. The van der Waals surface area contributed by atoms with E-state index in [0.717, 1.165) is 16.9 Å². The highest BCUT2D eigenvalue weighted by Gasteiger charge is 2.07. The van der Waals surface area contributed by atoms with Gasteiger partial charge in [0.2, 0.25) is 0 Å². The molecule has 0 radical (unpaired) electrons. The molecular formula is C18H22N2O2. The average molecular weight is 298 g/mol. The van der Waals surface area contributed by atoms with Crippen LogP contribution in [0.1, 0.15) is 10.4 Å². The predicted molar refractivity (Wildman–Crippen MR) is 89.1 cm³/mol. The van der Waals surface area contributed by atoms with Crippen molar-refractivity contribution in [3.8, 4) is 16.9 Å². The molecule has 0 atom stereocenters. The predicted octanol–water partition coefficient (Wildman–Crippen LogP) is 2.95. The maximum Gasteiger partial charge on any atom is 0.253 e. The Bertz CT molecular complexity index is 617. The highest BCUT2D eigenvalue weighted by Crippen LogP contribution is 2.23. The Kier molecular flexibility index (Phi) is 5.17.